The first-order valence-corrected chi connectivity index (χ1v) is 9.56. The van der Waals surface area contributed by atoms with E-state index in [1.165, 1.54) is 0 Å². The summed E-state index contributed by atoms with van der Waals surface area (Å²) in [6.07, 6.45) is 0.917. The van der Waals surface area contributed by atoms with Gasteiger partial charge in [0.1, 0.15) is 10.0 Å². The Hall–Kier alpha value is -1.90. The molecule has 0 saturated heterocycles. The SMILES string of the molecule is Nc1nc2c3c(nn(Cc4nc5cccc(Cl)c5s4)c3n1)CCS2. The summed E-state index contributed by atoms with van der Waals surface area (Å²) in [6, 6.07) is 5.76. The Morgan fingerprint density at radius 3 is 3.04 bits per heavy atom. The van der Waals surface area contributed by atoms with Crippen LogP contribution in [-0.4, -0.2) is 30.5 Å². The fraction of sp³-hybridized carbons (Fsp3) is 0.200. The summed E-state index contributed by atoms with van der Waals surface area (Å²) in [5.74, 6) is 1.25. The maximum absolute atomic E-state index is 6.25. The molecule has 2 N–H and O–H groups in total. The number of aryl methyl sites for hydroxylation is 1. The molecule has 0 unspecified atom stereocenters. The third kappa shape index (κ3) is 2.17. The monoisotopic (exact) mass is 374 g/mol. The van der Waals surface area contributed by atoms with Crippen molar-refractivity contribution in [1.82, 2.24) is 24.7 Å². The second-order valence-corrected chi connectivity index (χ2v) is 8.06. The minimum Gasteiger partial charge on any atom is -0.368 e. The van der Waals surface area contributed by atoms with Gasteiger partial charge in [-0.2, -0.15) is 10.1 Å². The zero-order chi connectivity index (χ0) is 16.3. The van der Waals surface area contributed by atoms with E-state index in [0.29, 0.717) is 6.54 Å². The predicted molar refractivity (Wildman–Crippen MR) is 97.9 cm³/mol. The lowest BCUT2D eigenvalue weighted by molar-refractivity contribution is 0.687. The zero-order valence-electron chi connectivity index (χ0n) is 12.4. The molecule has 6 nitrogen and oxygen atoms in total. The Morgan fingerprint density at radius 1 is 1.25 bits per heavy atom. The third-order valence-corrected chi connectivity index (χ3v) is 6.42. The molecule has 1 aromatic carbocycles. The highest BCUT2D eigenvalue weighted by atomic mass is 35.5. The smallest absolute Gasteiger partial charge is 0.223 e. The number of nitrogens with zero attached hydrogens (tertiary/aromatic N) is 5. The number of thioether (sulfide) groups is 1. The van der Waals surface area contributed by atoms with Crippen molar-refractivity contribution < 1.29 is 0 Å². The van der Waals surface area contributed by atoms with E-state index in [1.54, 1.807) is 23.1 Å². The molecule has 4 heterocycles. The molecule has 5 rings (SSSR count). The normalized spacial score (nSPS) is 13.9. The maximum atomic E-state index is 6.25. The van der Waals surface area contributed by atoms with Gasteiger partial charge in [0.15, 0.2) is 5.65 Å². The van der Waals surface area contributed by atoms with Crippen molar-refractivity contribution in [3.05, 3.63) is 33.9 Å². The number of nitrogen functional groups attached to an aromatic ring is 1. The Bertz CT molecular complexity index is 1100. The Labute approximate surface area is 150 Å². The Kier molecular flexibility index (Phi) is 3.19. The molecule has 0 spiro atoms. The number of benzene rings is 1. The number of hydrogen-bond acceptors (Lipinski definition) is 7. The lowest BCUT2D eigenvalue weighted by atomic mass is 10.2. The predicted octanol–water partition coefficient (Wildman–Crippen LogP) is 3.37. The van der Waals surface area contributed by atoms with E-state index in [-0.39, 0.29) is 5.95 Å². The second kappa shape index (κ2) is 5.30. The number of thiazole rings is 1. The van der Waals surface area contributed by atoms with Crippen LogP contribution in [0, 0.1) is 0 Å². The Morgan fingerprint density at radius 2 is 2.17 bits per heavy atom. The van der Waals surface area contributed by atoms with Crippen LogP contribution in [0.15, 0.2) is 23.2 Å². The van der Waals surface area contributed by atoms with Gasteiger partial charge < -0.3 is 5.73 Å². The fourth-order valence-electron chi connectivity index (χ4n) is 2.92. The van der Waals surface area contributed by atoms with Gasteiger partial charge in [-0.25, -0.2) is 14.6 Å². The summed E-state index contributed by atoms with van der Waals surface area (Å²) in [4.78, 5) is 13.4. The van der Waals surface area contributed by atoms with Gasteiger partial charge in [0.05, 0.1) is 32.9 Å². The molecule has 9 heteroatoms. The first-order chi connectivity index (χ1) is 11.7. The van der Waals surface area contributed by atoms with Gasteiger partial charge in [-0.1, -0.05) is 17.7 Å². The van der Waals surface area contributed by atoms with Crippen molar-refractivity contribution in [3.8, 4) is 0 Å². The minimum atomic E-state index is 0.284. The second-order valence-electron chi connectivity index (χ2n) is 5.48. The molecule has 1 aliphatic rings. The number of rotatable bonds is 2. The number of aromatic nitrogens is 5. The first kappa shape index (κ1) is 14.4. The lowest BCUT2D eigenvalue weighted by Gasteiger charge is -2.08. The van der Waals surface area contributed by atoms with E-state index in [4.69, 9.17) is 22.4 Å². The molecule has 0 amide bonds. The number of hydrogen-bond donors (Lipinski definition) is 1. The number of halogens is 1. The molecular formula is C15H11ClN6S2. The first-order valence-electron chi connectivity index (χ1n) is 7.38. The van der Waals surface area contributed by atoms with E-state index in [0.717, 1.165) is 54.2 Å². The lowest BCUT2D eigenvalue weighted by Crippen LogP contribution is -2.04. The van der Waals surface area contributed by atoms with Crippen LogP contribution in [0.5, 0.6) is 0 Å². The highest BCUT2D eigenvalue weighted by Gasteiger charge is 2.22. The molecule has 1 aliphatic heterocycles. The van der Waals surface area contributed by atoms with E-state index < -0.39 is 0 Å². The molecule has 0 aliphatic carbocycles. The maximum Gasteiger partial charge on any atom is 0.223 e. The van der Waals surface area contributed by atoms with Gasteiger partial charge in [-0.15, -0.1) is 23.1 Å². The largest absolute Gasteiger partial charge is 0.368 e. The van der Waals surface area contributed by atoms with E-state index >= 15 is 0 Å². The topological polar surface area (TPSA) is 82.5 Å². The van der Waals surface area contributed by atoms with Crippen LogP contribution >= 0.6 is 34.7 Å². The van der Waals surface area contributed by atoms with Crippen LogP contribution in [0.4, 0.5) is 5.95 Å². The molecule has 0 fully saturated rings. The third-order valence-electron chi connectivity index (χ3n) is 3.92. The van der Waals surface area contributed by atoms with Crippen LogP contribution in [0.25, 0.3) is 21.3 Å². The van der Waals surface area contributed by atoms with Crippen molar-refractivity contribution in [2.45, 2.75) is 18.0 Å². The van der Waals surface area contributed by atoms with Gasteiger partial charge in [0.2, 0.25) is 5.95 Å². The highest BCUT2D eigenvalue weighted by Crippen LogP contribution is 2.35. The molecular weight excluding hydrogens is 364 g/mol. The summed E-state index contributed by atoms with van der Waals surface area (Å²) < 4.78 is 2.88. The van der Waals surface area contributed by atoms with Crippen LogP contribution in [0.2, 0.25) is 5.02 Å². The molecule has 3 aromatic heterocycles. The van der Waals surface area contributed by atoms with Gasteiger partial charge in [0, 0.05) is 12.2 Å². The number of nitrogens with two attached hydrogens (primary N) is 1. The average molecular weight is 375 g/mol. The van der Waals surface area contributed by atoms with Crippen LogP contribution in [0.3, 0.4) is 0 Å². The summed E-state index contributed by atoms with van der Waals surface area (Å²) >= 11 is 9.54. The highest BCUT2D eigenvalue weighted by molar-refractivity contribution is 7.99. The standard InChI is InChI=1S/C15H11ClN6S2/c16-7-2-1-3-9-12(7)24-10(18-9)6-22-13-11-8(21-22)4-5-23-14(11)20-15(17)19-13/h1-3H,4-6H2,(H2,17,19,20). The van der Waals surface area contributed by atoms with Gasteiger partial charge >= 0.3 is 0 Å². The molecule has 24 heavy (non-hydrogen) atoms. The van der Waals surface area contributed by atoms with E-state index in [2.05, 4.69) is 15.0 Å². The average Bonchev–Trinajstić information content (AvgIpc) is 3.11. The van der Waals surface area contributed by atoms with Crippen LogP contribution < -0.4 is 5.73 Å². The fourth-order valence-corrected chi connectivity index (χ4v) is 5.15. The quantitative estimate of drug-likeness (QED) is 0.542. The summed E-state index contributed by atoms with van der Waals surface area (Å²) in [7, 11) is 0. The summed E-state index contributed by atoms with van der Waals surface area (Å²) in [5, 5.41) is 8.35. The van der Waals surface area contributed by atoms with Crippen molar-refractivity contribution in [1.29, 1.82) is 0 Å². The van der Waals surface area contributed by atoms with Crippen molar-refractivity contribution in [2.24, 2.45) is 0 Å². The molecule has 0 saturated carbocycles. The molecule has 0 bridgehead atoms. The molecule has 0 atom stereocenters. The van der Waals surface area contributed by atoms with Crippen LogP contribution in [-0.2, 0) is 13.0 Å². The number of anilines is 1. The molecule has 120 valence electrons. The number of fused-ring (bicyclic) bond motifs is 1. The molecule has 4 aromatic rings. The van der Waals surface area contributed by atoms with Gasteiger partial charge in [0.25, 0.3) is 0 Å². The summed E-state index contributed by atoms with van der Waals surface area (Å²) in [5.41, 5.74) is 8.60. The van der Waals surface area contributed by atoms with Gasteiger partial charge in [-0.05, 0) is 12.1 Å². The Balaban J connectivity index is 1.65. The van der Waals surface area contributed by atoms with Crippen molar-refractivity contribution in [3.63, 3.8) is 0 Å². The van der Waals surface area contributed by atoms with Crippen molar-refractivity contribution in [2.75, 3.05) is 11.5 Å². The molecule has 0 radical (unpaired) electrons. The summed E-state index contributed by atoms with van der Waals surface area (Å²) in [6.45, 7) is 0.548. The van der Waals surface area contributed by atoms with Gasteiger partial charge in [-0.3, -0.25) is 0 Å². The van der Waals surface area contributed by atoms with E-state index in [9.17, 15) is 0 Å². The zero-order valence-corrected chi connectivity index (χ0v) is 14.8. The van der Waals surface area contributed by atoms with Crippen molar-refractivity contribution >= 4 is 61.9 Å². The van der Waals surface area contributed by atoms with E-state index in [1.807, 2.05) is 22.9 Å². The minimum absolute atomic E-state index is 0.284. The van der Waals surface area contributed by atoms with Crippen LogP contribution in [0.1, 0.15) is 10.7 Å².